The monoisotopic (exact) mass is 463 g/mol. The van der Waals surface area contributed by atoms with Crippen molar-refractivity contribution in [2.45, 2.75) is 69.3 Å². The molecule has 32 heavy (non-hydrogen) atoms. The summed E-state index contributed by atoms with van der Waals surface area (Å²) in [5.41, 5.74) is 11.1. The quantitative estimate of drug-likeness (QED) is 0.100. The first-order valence-electron chi connectivity index (χ1n) is 10.0. The number of carboxylic acids is 2. The number of carbonyl (C=O) groups is 5. The Balaban J connectivity index is 5.23. The molecule has 0 aromatic heterocycles. The Bertz CT molecular complexity index is 659. The van der Waals surface area contributed by atoms with E-state index in [4.69, 9.17) is 21.7 Å². The number of aliphatic hydroxyl groups excluding tert-OH is 2. The Hall–Kier alpha value is -2.81. The van der Waals surface area contributed by atoms with Crippen LogP contribution >= 0.6 is 0 Å². The van der Waals surface area contributed by atoms with Gasteiger partial charge in [-0.3, -0.25) is 19.2 Å². The van der Waals surface area contributed by atoms with Crippen LogP contribution in [-0.2, 0) is 24.0 Å². The van der Waals surface area contributed by atoms with Gasteiger partial charge in [-0.25, -0.2) is 4.79 Å². The maximum Gasteiger partial charge on any atom is 0.328 e. The van der Waals surface area contributed by atoms with Gasteiger partial charge in [0.1, 0.15) is 12.1 Å². The van der Waals surface area contributed by atoms with Gasteiger partial charge in [-0.1, -0.05) is 6.42 Å². The van der Waals surface area contributed by atoms with Crippen LogP contribution in [-0.4, -0.2) is 93.5 Å². The Morgan fingerprint density at radius 1 is 0.875 bits per heavy atom. The third-order valence-electron chi connectivity index (χ3n) is 4.45. The number of hydrogen-bond donors (Lipinski definition) is 9. The van der Waals surface area contributed by atoms with Crippen LogP contribution in [0.25, 0.3) is 0 Å². The molecule has 14 nitrogen and oxygen atoms in total. The van der Waals surface area contributed by atoms with Crippen molar-refractivity contribution in [3.8, 4) is 0 Å². The number of unbranched alkanes of at least 4 members (excludes halogenated alkanes) is 1. The van der Waals surface area contributed by atoms with Gasteiger partial charge in [-0.05, 0) is 32.7 Å². The second-order valence-corrected chi connectivity index (χ2v) is 7.19. The molecule has 0 aliphatic carbocycles. The highest BCUT2D eigenvalue weighted by molar-refractivity contribution is 5.94. The number of nitrogens with two attached hydrogens (primary N) is 2. The van der Waals surface area contributed by atoms with Gasteiger partial charge in [0, 0.05) is 6.42 Å². The number of amides is 3. The molecule has 0 saturated carbocycles. The Kier molecular flexibility index (Phi) is 13.7. The lowest BCUT2D eigenvalue weighted by Gasteiger charge is -2.25. The summed E-state index contributed by atoms with van der Waals surface area (Å²) in [7, 11) is 0. The summed E-state index contributed by atoms with van der Waals surface area (Å²) < 4.78 is 0. The highest BCUT2D eigenvalue weighted by Gasteiger charge is 2.31. The minimum absolute atomic E-state index is 0.294. The summed E-state index contributed by atoms with van der Waals surface area (Å²) in [6.45, 7) is 0.706. The average Bonchev–Trinajstić information content (AvgIpc) is 2.71. The zero-order valence-corrected chi connectivity index (χ0v) is 17.8. The lowest BCUT2D eigenvalue weighted by Crippen LogP contribution is -2.59. The molecule has 0 fully saturated rings. The standard InChI is InChI=1S/C18H33N5O9/c1-9(25)14(18(31)32)23-16(29)11(5-6-13(26)27)21-17(30)12(8-24)22-15(28)10(20)4-2-3-7-19/h9-12,14,24-25H,2-8,19-20H2,1H3,(H,21,30)(H,22,28)(H,23,29)(H,26,27)(H,31,32). The van der Waals surface area contributed by atoms with Gasteiger partial charge in [0.05, 0.1) is 18.8 Å². The number of hydrogen-bond acceptors (Lipinski definition) is 9. The lowest BCUT2D eigenvalue weighted by molar-refractivity contribution is -0.145. The van der Waals surface area contributed by atoms with E-state index in [-0.39, 0.29) is 0 Å². The second-order valence-electron chi connectivity index (χ2n) is 7.19. The predicted molar refractivity (Wildman–Crippen MR) is 110 cm³/mol. The fraction of sp³-hybridized carbons (Fsp3) is 0.722. The van der Waals surface area contributed by atoms with E-state index in [1.165, 1.54) is 0 Å². The largest absolute Gasteiger partial charge is 0.481 e. The van der Waals surface area contributed by atoms with E-state index in [0.29, 0.717) is 25.8 Å². The normalized spacial score (nSPS) is 15.5. The number of nitrogens with one attached hydrogen (secondary N) is 3. The molecule has 0 bridgehead atoms. The lowest BCUT2D eigenvalue weighted by atomic mass is 10.1. The van der Waals surface area contributed by atoms with Crippen molar-refractivity contribution in [3.05, 3.63) is 0 Å². The van der Waals surface area contributed by atoms with Crippen LogP contribution in [0, 0.1) is 0 Å². The molecule has 0 radical (unpaired) electrons. The number of carboxylic acid groups (broad SMARTS) is 2. The van der Waals surface area contributed by atoms with Gasteiger partial charge in [-0.2, -0.15) is 0 Å². The van der Waals surface area contributed by atoms with Crippen molar-refractivity contribution in [2.75, 3.05) is 13.2 Å². The molecule has 5 unspecified atom stereocenters. The Labute approximate surface area is 184 Å². The first-order chi connectivity index (χ1) is 14.9. The van der Waals surface area contributed by atoms with Crippen LogP contribution in [0.3, 0.4) is 0 Å². The number of aliphatic hydroxyl groups is 2. The first kappa shape index (κ1) is 29.2. The first-order valence-corrected chi connectivity index (χ1v) is 10.0. The molecule has 0 spiro atoms. The molecular formula is C18H33N5O9. The summed E-state index contributed by atoms with van der Waals surface area (Å²) in [6.07, 6.45) is -0.918. The van der Waals surface area contributed by atoms with Crippen LogP contribution in [0.1, 0.15) is 39.0 Å². The molecule has 5 atom stereocenters. The predicted octanol–water partition coefficient (Wildman–Crippen LogP) is -3.78. The van der Waals surface area contributed by atoms with Gasteiger partial charge in [-0.15, -0.1) is 0 Å². The van der Waals surface area contributed by atoms with Crippen LogP contribution in [0.5, 0.6) is 0 Å². The summed E-state index contributed by atoms with van der Waals surface area (Å²) in [6, 6.07) is -5.66. The van der Waals surface area contributed by atoms with Crippen LogP contribution in [0.2, 0.25) is 0 Å². The van der Waals surface area contributed by atoms with Crippen molar-refractivity contribution in [3.63, 3.8) is 0 Å². The third-order valence-corrected chi connectivity index (χ3v) is 4.45. The maximum absolute atomic E-state index is 12.5. The molecule has 0 rings (SSSR count). The van der Waals surface area contributed by atoms with Crippen LogP contribution in [0.4, 0.5) is 0 Å². The third kappa shape index (κ3) is 11.0. The van der Waals surface area contributed by atoms with Gasteiger partial charge in [0.25, 0.3) is 0 Å². The Morgan fingerprint density at radius 2 is 1.44 bits per heavy atom. The molecule has 0 aliphatic rings. The van der Waals surface area contributed by atoms with E-state index in [1.54, 1.807) is 0 Å². The van der Waals surface area contributed by atoms with Crippen LogP contribution < -0.4 is 27.4 Å². The topological polar surface area (TPSA) is 254 Å². The highest BCUT2D eigenvalue weighted by atomic mass is 16.4. The fourth-order valence-electron chi connectivity index (χ4n) is 2.56. The van der Waals surface area contributed by atoms with Crippen LogP contribution in [0.15, 0.2) is 0 Å². The maximum atomic E-state index is 12.5. The van der Waals surface area contributed by atoms with Gasteiger partial charge in [0.2, 0.25) is 17.7 Å². The zero-order chi connectivity index (χ0) is 24.8. The molecule has 0 aliphatic heterocycles. The molecule has 0 aromatic carbocycles. The fourth-order valence-corrected chi connectivity index (χ4v) is 2.56. The molecule has 184 valence electrons. The Morgan fingerprint density at radius 3 is 1.91 bits per heavy atom. The smallest absolute Gasteiger partial charge is 0.328 e. The van der Waals surface area contributed by atoms with E-state index < -0.39 is 79.4 Å². The minimum atomic E-state index is -1.70. The van der Waals surface area contributed by atoms with Gasteiger partial charge in [0.15, 0.2) is 6.04 Å². The second kappa shape index (κ2) is 15.1. The van der Waals surface area contributed by atoms with E-state index in [9.17, 15) is 34.2 Å². The van der Waals surface area contributed by atoms with Crippen molar-refractivity contribution >= 4 is 29.7 Å². The summed E-state index contributed by atoms with van der Waals surface area (Å²) in [4.78, 5) is 59.1. The molecule has 0 saturated heterocycles. The highest BCUT2D eigenvalue weighted by Crippen LogP contribution is 2.03. The van der Waals surface area contributed by atoms with Crippen molar-refractivity contribution in [1.82, 2.24) is 16.0 Å². The van der Waals surface area contributed by atoms with E-state index in [1.807, 2.05) is 5.32 Å². The van der Waals surface area contributed by atoms with E-state index >= 15 is 0 Å². The molecule has 3 amide bonds. The van der Waals surface area contributed by atoms with Crippen molar-refractivity contribution in [2.24, 2.45) is 11.5 Å². The number of aliphatic carboxylic acids is 2. The summed E-state index contributed by atoms with van der Waals surface area (Å²) in [5, 5.41) is 43.3. The van der Waals surface area contributed by atoms with Gasteiger partial charge < -0.3 is 47.8 Å². The summed E-state index contributed by atoms with van der Waals surface area (Å²) in [5.74, 6) is -5.61. The zero-order valence-electron chi connectivity index (χ0n) is 17.8. The van der Waals surface area contributed by atoms with E-state index in [0.717, 1.165) is 6.92 Å². The molecule has 11 N–H and O–H groups in total. The van der Waals surface area contributed by atoms with Crippen molar-refractivity contribution < 1.29 is 44.4 Å². The minimum Gasteiger partial charge on any atom is -0.481 e. The number of rotatable bonds is 16. The van der Waals surface area contributed by atoms with Crippen molar-refractivity contribution in [1.29, 1.82) is 0 Å². The molecule has 0 heterocycles. The van der Waals surface area contributed by atoms with E-state index in [2.05, 4.69) is 10.6 Å². The average molecular weight is 463 g/mol. The SMILES string of the molecule is CC(O)C(NC(=O)C(CCC(=O)O)NC(=O)C(CO)NC(=O)C(N)CCCCN)C(=O)O. The molecular weight excluding hydrogens is 430 g/mol. The molecule has 0 aromatic rings. The summed E-state index contributed by atoms with van der Waals surface area (Å²) >= 11 is 0. The number of carbonyl (C=O) groups excluding carboxylic acids is 3. The van der Waals surface area contributed by atoms with Gasteiger partial charge >= 0.3 is 11.9 Å². The molecule has 14 heteroatoms.